The van der Waals surface area contributed by atoms with Crippen LogP contribution >= 0.6 is 23.2 Å². The summed E-state index contributed by atoms with van der Waals surface area (Å²) in [6, 6.07) is 0.462. The lowest BCUT2D eigenvalue weighted by atomic mass is 9.90. The Kier molecular flexibility index (Phi) is 4.28. The van der Waals surface area contributed by atoms with E-state index in [1.807, 2.05) is 4.68 Å². The van der Waals surface area contributed by atoms with Gasteiger partial charge in [0.1, 0.15) is 5.15 Å². The first-order valence-electron chi connectivity index (χ1n) is 6.78. The summed E-state index contributed by atoms with van der Waals surface area (Å²) in [6.07, 6.45) is 6.27. The van der Waals surface area contributed by atoms with Gasteiger partial charge in [0.15, 0.2) is 0 Å². The van der Waals surface area contributed by atoms with Crippen molar-refractivity contribution >= 4 is 23.2 Å². The molecule has 1 aliphatic carbocycles. The lowest BCUT2D eigenvalue weighted by Crippen LogP contribution is -2.17. The second kappa shape index (κ2) is 5.42. The summed E-state index contributed by atoms with van der Waals surface area (Å²) < 4.78 is 2.03. The van der Waals surface area contributed by atoms with Gasteiger partial charge in [0.05, 0.1) is 17.6 Å². The van der Waals surface area contributed by atoms with Crippen LogP contribution in [-0.4, -0.2) is 9.78 Å². The smallest absolute Gasteiger partial charge is 0.132 e. The Hall–Kier alpha value is -0.210. The molecule has 2 nitrogen and oxygen atoms in total. The molecule has 0 bridgehead atoms. The van der Waals surface area contributed by atoms with Crippen LogP contribution in [0.1, 0.15) is 70.2 Å². The van der Waals surface area contributed by atoms with Crippen LogP contribution in [-0.2, 0) is 11.3 Å². The maximum absolute atomic E-state index is 6.49. The summed E-state index contributed by atoms with van der Waals surface area (Å²) >= 11 is 12.5. The Labute approximate surface area is 120 Å². The van der Waals surface area contributed by atoms with Crippen molar-refractivity contribution in [2.45, 2.75) is 70.2 Å². The highest BCUT2D eigenvalue weighted by molar-refractivity contribution is 6.31. The second-order valence-electron chi connectivity index (χ2n) is 6.24. The zero-order valence-electron chi connectivity index (χ0n) is 11.5. The minimum Gasteiger partial charge on any atom is -0.250 e. The lowest BCUT2D eigenvalue weighted by Gasteiger charge is -2.23. The van der Waals surface area contributed by atoms with E-state index < -0.39 is 0 Å². The lowest BCUT2D eigenvalue weighted by molar-refractivity contribution is 0.326. The van der Waals surface area contributed by atoms with Gasteiger partial charge in [-0.2, -0.15) is 5.10 Å². The van der Waals surface area contributed by atoms with Gasteiger partial charge in [-0.3, -0.25) is 4.68 Å². The first kappa shape index (κ1) is 14.2. The SMILES string of the molecule is CC(C)(C)c1nn(C2CCCCC2)c(Cl)c1CCl. The molecule has 0 aromatic carbocycles. The van der Waals surface area contributed by atoms with E-state index in [0.29, 0.717) is 11.9 Å². The van der Waals surface area contributed by atoms with E-state index >= 15 is 0 Å². The Bertz CT molecular complexity index is 412. The number of hydrogen-bond acceptors (Lipinski definition) is 1. The highest BCUT2D eigenvalue weighted by Gasteiger charge is 2.28. The minimum atomic E-state index is -0.00617. The van der Waals surface area contributed by atoms with E-state index in [1.165, 1.54) is 32.1 Å². The normalized spacial score (nSPS) is 18.3. The standard InChI is InChI=1S/C14H22Cl2N2/c1-14(2,3)12-11(9-15)13(16)18(17-12)10-7-5-4-6-8-10/h10H,4-9H2,1-3H3. The number of alkyl halides is 1. The average Bonchev–Trinajstić information content (AvgIpc) is 2.67. The second-order valence-corrected chi connectivity index (χ2v) is 6.86. The van der Waals surface area contributed by atoms with Crippen molar-refractivity contribution in [1.82, 2.24) is 9.78 Å². The fraction of sp³-hybridized carbons (Fsp3) is 0.786. The van der Waals surface area contributed by atoms with Crippen molar-refractivity contribution in [3.63, 3.8) is 0 Å². The predicted octanol–water partition coefficient (Wildman–Crippen LogP) is 5.08. The van der Waals surface area contributed by atoms with Crippen LogP contribution in [0.15, 0.2) is 0 Å². The quantitative estimate of drug-likeness (QED) is 0.694. The van der Waals surface area contributed by atoms with Crippen LogP contribution in [0.4, 0.5) is 0 Å². The third-order valence-electron chi connectivity index (χ3n) is 3.71. The van der Waals surface area contributed by atoms with E-state index in [2.05, 4.69) is 20.8 Å². The van der Waals surface area contributed by atoms with Gasteiger partial charge in [0, 0.05) is 11.0 Å². The van der Waals surface area contributed by atoms with Crippen LogP contribution in [0.5, 0.6) is 0 Å². The fourth-order valence-corrected chi connectivity index (χ4v) is 3.39. The molecule has 102 valence electrons. The molecule has 0 atom stereocenters. The van der Waals surface area contributed by atoms with Gasteiger partial charge in [-0.1, -0.05) is 51.6 Å². The monoisotopic (exact) mass is 288 g/mol. The molecule has 0 aliphatic heterocycles. The molecule has 1 saturated carbocycles. The molecule has 18 heavy (non-hydrogen) atoms. The molecule has 0 unspecified atom stereocenters. The summed E-state index contributed by atoms with van der Waals surface area (Å²) in [4.78, 5) is 0. The maximum Gasteiger partial charge on any atom is 0.132 e. The molecule has 1 aromatic heterocycles. The Balaban J connectivity index is 2.39. The van der Waals surface area contributed by atoms with Crippen molar-refractivity contribution in [3.05, 3.63) is 16.4 Å². The van der Waals surface area contributed by atoms with E-state index in [9.17, 15) is 0 Å². The maximum atomic E-state index is 6.49. The first-order valence-corrected chi connectivity index (χ1v) is 7.69. The zero-order chi connectivity index (χ0) is 13.3. The molecule has 0 radical (unpaired) electrons. The molecule has 4 heteroatoms. The van der Waals surface area contributed by atoms with E-state index in [0.717, 1.165) is 16.4 Å². The highest BCUT2D eigenvalue weighted by Crippen LogP contribution is 2.36. The number of halogens is 2. The van der Waals surface area contributed by atoms with Crippen LogP contribution in [0.3, 0.4) is 0 Å². The van der Waals surface area contributed by atoms with E-state index in [4.69, 9.17) is 28.3 Å². The van der Waals surface area contributed by atoms with E-state index in [-0.39, 0.29) is 5.41 Å². The van der Waals surface area contributed by atoms with Crippen LogP contribution in [0.25, 0.3) is 0 Å². The number of nitrogens with zero attached hydrogens (tertiary/aromatic N) is 2. The van der Waals surface area contributed by atoms with Crippen LogP contribution in [0.2, 0.25) is 5.15 Å². The summed E-state index contributed by atoms with van der Waals surface area (Å²) in [5, 5.41) is 5.53. The minimum absolute atomic E-state index is 0.00617. The third-order valence-corrected chi connectivity index (χ3v) is 4.38. The van der Waals surface area contributed by atoms with Crippen molar-refractivity contribution in [3.8, 4) is 0 Å². The number of aromatic nitrogens is 2. The van der Waals surface area contributed by atoms with Crippen molar-refractivity contribution in [2.75, 3.05) is 0 Å². The van der Waals surface area contributed by atoms with Gasteiger partial charge >= 0.3 is 0 Å². The molecule has 0 N–H and O–H groups in total. The summed E-state index contributed by atoms with van der Waals surface area (Å²) in [6.45, 7) is 6.48. The molecule has 1 heterocycles. The molecular formula is C14H22Cl2N2. The highest BCUT2D eigenvalue weighted by atomic mass is 35.5. The van der Waals surface area contributed by atoms with Gasteiger partial charge < -0.3 is 0 Å². The summed E-state index contributed by atoms with van der Waals surface area (Å²) in [7, 11) is 0. The van der Waals surface area contributed by atoms with Crippen molar-refractivity contribution < 1.29 is 0 Å². The predicted molar refractivity (Wildman–Crippen MR) is 77.6 cm³/mol. The first-order chi connectivity index (χ1) is 8.45. The Morgan fingerprint density at radius 1 is 1.22 bits per heavy atom. The largest absolute Gasteiger partial charge is 0.250 e. The van der Waals surface area contributed by atoms with Crippen molar-refractivity contribution in [1.29, 1.82) is 0 Å². The van der Waals surface area contributed by atoms with Gasteiger partial charge in [-0.15, -0.1) is 11.6 Å². The van der Waals surface area contributed by atoms with Gasteiger partial charge in [0.25, 0.3) is 0 Å². The van der Waals surface area contributed by atoms with Crippen LogP contribution < -0.4 is 0 Å². The van der Waals surface area contributed by atoms with Crippen LogP contribution in [0, 0.1) is 0 Å². The molecule has 2 rings (SSSR count). The average molecular weight is 289 g/mol. The molecule has 0 saturated heterocycles. The molecule has 1 aromatic rings. The van der Waals surface area contributed by atoms with Gasteiger partial charge in [-0.25, -0.2) is 0 Å². The van der Waals surface area contributed by atoms with Gasteiger partial charge in [-0.05, 0) is 12.8 Å². The number of hydrogen-bond donors (Lipinski definition) is 0. The topological polar surface area (TPSA) is 17.8 Å². The fourth-order valence-electron chi connectivity index (χ4n) is 2.74. The van der Waals surface area contributed by atoms with Gasteiger partial charge in [0.2, 0.25) is 0 Å². The summed E-state index contributed by atoms with van der Waals surface area (Å²) in [5.74, 6) is 0.443. The molecule has 1 fully saturated rings. The number of rotatable bonds is 2. The Morgan fingerprint density at radius 2 is 1.83 bits per heavy atom. The third kappa shape index (κ3) is 2.70. The van der Waals surface area contributed by atoms with E-state index in [1.54, 1.807) is 0 Å². The molecule has 0 spiro atoms. The Morgan fingerprint density at radius 3 is 2.28 bits per heavy atom. The molecule has 1 aliphatic rings. The molecular weight excluding hydrogens is 267 g/mol. The molecule has 0 amide bonds. The van der Waals surface area contributed by atoms with Crippen molar-refractivity contribution in [2.24, 2.45) is 0 Å². The zero-order valence-corrected chi connectivity index (χ0v) is 13.0. The summed E-state index contributed by atoms with van der Waals surface area (Å²) in [5.41, 5.74) is 2.05.